The smallest absolute Gasteiger partial charge is 0.206 e. The van der Waals surface area contributed by atoms with E-state index in [1.54, 1.807) is 0 Å². The highest BCUT2D eigenvalue weighted by Gasteiger charge is 2.07. The molecular weight excluding hydrogens is 366 g/mol. The summed E-state index contributed by atoms with van der Waals surface area (Å²) >= 11 is 10.9. The monoisotopic (exact) mass is 374 g/mol. The summed E-state index contributed by atoms with van der Waals surface area (Å²) in [4.78, 5) is 13.3. The van der Waals surface area contributed by atoms with Gasteiger partial charge in [0.25, 0.3) is 0 Å². The fourth-order valence-corrected chi connectivity index (χ4v) is 2.05. The molecule has 0 bridgehead atoms. The fraction of sp³-hybridized carbons (Fsp3) is 0.444. The van der Waals surface area contributed by atoms with Crippen molar-refractivity contribution in [2.24, 2.45) is 0 Å². The van der Waals surface area contributed by atoms with Crippen LogP contribution in [0.15, 0.2) is 10.2 Å². The van der Waals surface area contributed by atoms with Gasteiger partial charge in [0, 0.05) is 27.7 Å². The molecule has 0 aromatic heterocycles. The number of allylic oxidation sites excluding steroid dienone is 1. The zero-order valence-corrected chi connectivity index (χ0v) is 11.4. The second-order valence-electron chi connectivity index (χ2n) is 2.50. The Bertz CT molecular complexity index is 254. The molecule has 0 aromatic rings. The maximum Gasteiger partial charge on any atom is 0.206 e. The Kier molecular flexibility index (Phi) is 8.12. The van der Waals surface area contributed by atoms with E-state index in [-0.39, 0.29) is 11.2 Å². The topological polar surface area (TPSA) is 17.1 Å². The molecule has 13 heavy (non-hydrogen) atoms. The Morgan fingerprint density at radius 2 is 2.31 bits per heavy atom. The van der Waals surface area contributed by atoms with Crippen LogP contribution in [-0.4, -0.2) is 11.2 Å². The van der Waals surface area contributed by atoms with E-state index in [1.807, 2.05) is 0 Å². The zero-order chi connectivity index (χ0) is 10.3. The second kappa shape index (κ2) is 7.84. The Morgan fingerprint density at radius 1 is 1.69 bits per heavy atom. The first-order chi connectivity index (χ1) is 6.06. The lowest BCUT2D eigenvalue weighted by molar-refractivity contribution is -0.113. The molecule has 0 fully saturated rings. The first-order valence-electron chi connectivity index (χ1n) is 3.68. The van der Waals surface area contributed by atoms with E-state index in [2.05, 4.69) is 55.8 Å². The van der Waals surface area contributed by atoms with Crippen LogP contribution in [0.25, 0.3) is 0 Å². The third kappa shape index (κ3) is 8.79. The van der Waals surface area contributed by atoms with Crippen molar-refractivity contribution in [1.29, 1.82) is 0 Å². The molecule has 0 rings (SSSR count). The summed E-state index contributed by atoms with van der Waals surface area (Å²) in [5, 5.41) is -0.00882. The van der Waals surface area contributed by atoms with Crippen molar-refractivity contribution in [3.63, 3.8) is 0 Å². The van der Waals surface area contributed by atoms with E-state index in [0.29, 0.717) is 12.8 Å². The summed E-state index contributed by atoms with van der Waals surface area (Å²) in [7, 11) is 0. The average Bonchev–Trinajstić information content (AvgIpc) is 2.00. The van der Waals surface area contributed by atoms with Crippen LogP contribution >= 0.6 is 50.1 Å². The molecule has 72 valence electrons. The van der Waals surface area contributed by atoms with Crippen molar-refractivity contribution in [2.45, 2.75) is 24.6 Å². The van der Waals surface area contributed by atoms with E-state index >= 15 is 0 Å². The Balaban J connectivity index is 3.67. The van der Waals surface area contributed by atoms with Gasteiger partial charge in [0.15, 0.2) is 0 Å². The van der Waals surface area contributed by atoms with Gasteiger partial charge >= 0.3 is 0 Å². The second-order valence-corrected chi connectivity index (χ2v) is 5.04. The summed E-state index contributed by atoms with van der Waals surface area (Å²) in [6, 6.07) is 0. The molecule has 0 saturated heterocycles. The molecule has 0 N–H and O–H groups in total. The largest absolute Gasteiger partial charge is 0.285 e. The van der Waals surface area contributed by atoms with Crippen LogP contribution in [0.5, 0.6) is 0 Å². The lowest BCUT2D eigenvalue weighted by Crippen LogP contribution is -2.02. The molecular formula is C9H9BrClIO. The molecule has 1 atom stereocenters. The van der Waals surface area contributed by atoms with Crippen LogP contribution in [0.3, 0.4) is 0 Å². The van der Waals surface area contributed by atoms with E-state index < -0.39 is 0 Å². The van der Waals surface area contributed by atoms with Crippen molar-refractivity contribution in [1.82, 2.24) is 0 Å². The zero-order valence-electron chi connectivity index (χ0n) is 6.95. The SMILES string of the molecule is C=C(I)C[C@H](Cl)CCC(=O)C#CBr. The molecule has 0 aliphatic rings. The highest BCUT2D eigenvalue weighted by Crippen LogP contribution is 2.18. The van der Waals surface area contributed by atoms with Crippen molar-refractivity contribution >= 4 is 55.9 Å². The number of Topliss-reactive ketones (excluding diaryl/α,β-unsaturated/α-hetero) is 1. The number of hydrogen-bond acceptors (Lipinski definition) is 1. The standard InChI is InChI=1S/C9H9BrClIO/c1-7(12)6-8(11)2-3-9(13)4-5-10/h8H,1-3,6H2/t8-/m1/s1. The predicted octanol–water partition coefficient (Wildman–Crippen LogP) is 3.64. The highest BCUT2D eigenvalue weighted by molar-refractivity contribution is 14.1. The van der Waals surface area contributed by atoms with Gasteiger partial charge in [0.1, 0.15) is 0 Å². The lowest BCUT2D eigenvalue weighted by atomic mass is 10.1. The van der Waals surface area contributed by atoms with Gasteiger partial charge in [-0.05, 0) is 49.8 Å². The van der Waals surface area contributed by atoms with E-state index in [0.717, 1.165) is 10.0 Å². The molecule has 0 aliphatic carbocycles. The number of alkyl halides is 1. The Morgan fingerprint density at radius 3 is 2.77 bits per heavy atom. The fourth-order valence-electron chi connectivity index (χ4n) is 0.745. The average molecular weight is 375 g/mol. The molecule has 0 spiro atoms. The summed E-state index contributed by atoms with van der Waals surface area (Å²) < 4.78 is 1.01. The Labute approximate surface area is 106 Å². The Hall–Kier alpha value is 0.470. The van der Waals surface area contributed by atoms with Gasteiger partial charge in [-0.2, -0.15) is 0 Å². The van der Waals surface area contributed by atoms with Crippen LogP contribution in [0, 0.1) is 10.8 Å². The normalized spacial score (nSPS) is 11.3. The van der Waals surface area contributed by atoms with Gasteiger partial charge < -0.3 is 0 Å². The number of ketones is 1. The molecule has 0 aromatic carbocycles. The minimum absolute atomic E-state index is 0.00882. The number of halogens is 3. The summed E-state index contributed by atoms with van der Waals surface area (Å²) in [5.74, 6) is 2.32. The number of carbonyl (C=O) groups excluding carboxylic acids is 1. The quantitative estimate of drug-likeness (QED) is 0.407. The predicted molar refractivity (Wildman–Crippen MR) is 68.4 cm³/mol. The molecule has 4 heteroatoms. The van der Waals surface area contributed by atoms with E-state index in [1.165, 1.54) is 0 Å². The summed E-state index contributed by atoms with van der Waals surface area (Å²) in [6.07, 6.45) is 1.82. The third-order valence-corrected chi connectivity index (χ3v) is 2.33. The van der Waals surface area contributed by atoms with Crippen molar-refractivity contribution in [3.05, 3.63) is 10.2 Å². The van der Waals surface area contributed by atoms with Gasteiger partial charge in [-0.25, -0.2) is 0 Å². The number of hydrogen-bond donors (Lipinski definition) is 0. The van der Waals surface area contributed by atoms with Crippen LogP contribution < -0.4 is 0 Å². The minimum Gasteiger partial charge on any atom is -0.285 e. The molecule has 0 radical (unpaired) electrons. The van der Waals surface area contributed by atoms with Crippen molar-refractivity contribution in [3.8, 4) is 10.8 Å². The van der Waals surface area contributed by atoms with Crippen molar-refractivity contribution in [2.75, 3.05) is 0 Å². The molecule has 0 heterocycles. The lowest BCUT2D eigenvalue weighted by Gasteiger charge is -2.05. The minimum atomic E-state index is -0.0819. The molecule has 0 unspecified atom stereocenters. The van der Waals surface area contributed by atoms with Crippen LogP contribution in [0.1, 0.15) is 19.3 Å². The van der Waals surface area contributed by atoms with Gasteiger partial charge in [0.05, 0.1) is 0 Å². The molecule has 1 nitrogen and oxygen atoms in total. The van der Waals surface area contributed by atoms with E-state index in [4.69, 9.17) is 11.6 Å². The van der Waals surface area contributed by atoms with E-state index in [9.17, 15) is 4.79 Å². The van der Waals surface area contributed by atoms with Gasteiger partial charge in [0.2, 0.25) is 5.78 Å². The molecule has 0 amide bonds. The first-order valence-corrected chi connectivity index (χ1v) is 5.99. The third-order valence-electron chi connectivity index (χ3n) is 1.31. The summed E-state index contributed by atoms with van der Waals surface area (Å²) in [5.41, 5.74) is 0. The van der Waals surface area contributed by atoms with Gasteiger partial charge in [-0.3, -0.25) is 4.79 Å². The number of rotatable bonds is 5. The van der Waals surface area contributed by atoms with Gasteiger partial charge in [-0.1, -0.05) is 6.58 Å². The van der Waals surface area contributed by atoms with Crippen LogP contribution in [0.4, 0.5) is 0 Å². The maximum atomic E-state index is 10.9. The van der Waals surface area contributed by atoms with Crippen molar-refractivity contribution < 1.29 is 4.79 Å². The maximum absolute atomic E-state index is 10.9. The van der Waals surface area contributed by atoms with Crippen LogP contribution in [0.2, 0.25) is 0 Å². The van der Waals surface area contributed by atoms with Crippen LogP contribution in [-0.2, 0) is 4.79 Å². The summed E-state index contributed by atoms with van der Waals surface area (Å²) in [6.45, 7) is 3.74. The highest BCUT2D eigenvalue weighted by atomic mass is 127. The van der Waals surface area contributed by atoms with Gasteiger partial charge in [-0.15, -0.1) is 11.6 Å². The molecule has 0 aliphatic heterocycles. The molecule has 0 saturated carbocycles. The first kappa shape index (κ1) is 13.5. The number of carbonyl (C=O) groups is 1.